The van der Waals surface area contributed by atoms with Crippen LogP contribution in [0.15, 0.2) is 30.3 Å². The van der Waals surface area contributed by atoms with Crippen molar-refractivity contribution < 1.29 is 4.79 Å². The molecule has 0 aromatic heterocycles. The molecule has 1 fully saturated rings. The molecule has 1 aliphatic heterocycles. The minimum atomic E-state index is 0. The fourth-order valence-electron chi connectivity index (χ4n) is 2.34. The maximum Gasteiger partial charge on any atom is 0.237 e. The van der Waals surface area contributed by atoms with Gasteiger partial charge in [-0.25, -0.2) is 0 Å². The third kappa shape index (κ3) is 6.66. The number of carbonyl (C=O) groups is 1. The van der Waals surface area contributed by atoms with Crippen LogP contribution in [-0.2, 0) is 11.3 Å². The van der Waals surface area contributed by atoms with E-state index in [1.165, 1.54) is 5.56 Å². The van der Waals surface area contributed by atoms with Crippen molar-refractivity contribution in [3.8, 4) is 0 Å². The number of hydrogen-bond donors (Lipinski definition) is 1. The number of nitrogens with one attached hydrogen (secondary N) is 1. The third-order valence-electron chi connectivity index (χ3n) is 3.52. The number of rotatable bonds is 5. The number of amides is 1. The Hall–Kier alpha value is -0.810. The van der Waals surface area contributed by atoms with E-state index in [4.69, 9.17) is 0 Å². The van der Waals surface area contributed by atoms with Gasteiger partial charge in [-0.15, -0.1) is 24.8 Å². The van der Waals surface area contributed by atoms with Crippen molar-refractivity contribution in [1.29, 1.82) is 0 Å². The molecule has 0 unspecified atom stereocenters. The predicted octanol–water partition coefficient (Wildman–Crippen LogP) is 1.78. The summed E-state index contributed by atoms with van der Waals surface area (Å²) in [5.74, 6) is 0.230. The second-order valence-corrected chi connectivity index (χ2v) is 4.92. The highest BCUT2D eigenvalue weighted by atomic mass is 35.5. The number of piperazine rings is 1. The highest BCUT2D eigenvalue weighted by Crippen LogP contribution is 2.05. The van der Waals surface area contributed by atoms with Crippen molar-refractivity contribution in [2.75, 3.05) is 39.3 Å². The van der Waals surface area contributed by atoms with Crippen LogP contribution in [0.3, 0.4) is 0 Å². The van der Waals surface area contributed by atoms with Crippen LogP contribution in [0.2, 0.25) is 0 Å². The molecule has 0 spiro atoms. The Morgan fingerprint density at radius 3 is 2.38 bits per heavy atom. The zero-order chi connectivity index (χ0) is 13.5. The minimum Gasteiger partial charge on any atom is -0.338 e. The molecule has 4 nitrogen and oxygen atoms in total. The van der Waals surface area contributed by atoms with E-state index in [2.05, 4.69) is 22.3 Å². The Morgan fingerprint density at radius 2 is 1.81 bits per heavy atom. The van der Waals surface area contributed by atoms with Crippen molar-refractivity contribution in [2.24, 2.45) is 0 Å². The Bertz CT molecular complexity index is 397. The first-order valence-electron chi connectivity index (χ1n) is 7.04. The topological polar surface area (TPSA) is 35.6 Å². The first-order chi connectivity index (χ1) is 9.29. The summed E-state index contributed by atoms with van der Waals surface area (Å²) >= 11 is 0. The highest BCUT2D eigenvalue weighted by molar-refractivity contribution is 5.85. The average molecular weight is 334 g/mol. The van der Waals surface area contributed by atoms with E-state index in [1.54, 1.807) is 0 Å². The van der Waals surface area contributed by atoms with E-state index in [9.17, 15) is 4.79 Å². The smallest absolute Gasteiger partial charge is 0.237 e. The second-order valence-electron chi connectivity index (χ2n) is 4.92. The number of halogens is 2. The normalized spacial score (nSPS) is 14.7. The summed E-state index contributed by atoms with van der Waals surface area (Å²) in [6, 6.07) is 10.2. The van der Waals surface area contributed by atoms with E-state index >= 15 is 0 Å². The number of carbonyl (C=O) groups excluding carboxylic acids is 1. The van der Waals surface area contributed by atoms with E-state index < -0.39 is 0 Å². The molecule has 1 heterocycles. The van der Waals surface area contributed by atoms with Crippen molar-refractivity contribution in [1.82, 2.24) is 15.1 Å². The van der Waals surface area contributed by atoms with Gasteiger partial charge in [0, 0.05) is 39.3 Å². The largest absolute Gasteiger partial charge is 0.338 e. The van der Waals surface area contributed by atoms with Crippen molar-refractivity contribution in [3.05, 3.63) is 35.9 Å². The molecule has 0 aliphatic carbocycles. The van der Waals surface area contributed by atoms with Gasteiger partial charge in [0.15, 0.2) is 0 Å². The molecular weight excluding hydrogens is 309 g/mol. The molecule has 1 saturated heterocycles. The highest BCUT2D eigenvalue weighted by Gasteiger charge is 2.17. The molecule has 21 heavy (non-hydrogen) atoms. The summed E-state index contributed by atoms with van der Waals surface area (Å²) < 4.78 is 0. The Balaban J connectivity index is 0.00000200. The number of benzene rings is 1. The summed E-state index contributed by atoms with van der Waals surface area (Å²) in [7, 11) is 0. The fourth-order valence-corrected chi connectivity index (χ4v) is 2.34. The van der Waals surface area contributed by atoms with Gasteiger partial charge in [-0.05, 0) is 12.5 Å². The van der Waals surface area contributed by atoms with Gasteiger partial charge in [0.25, 0.3) is 0 Å². The van der Waals surface area contributed by atoms with E-state index in [0.717, 1.165) is 32.7 Å². The zero-order valence-corrected chi connectivity index (χ0v) is 14.1. The molecule has 0 atom stereocenters. The van der Waals surface area contributed by atoms with Gasteiger partial charge in [-0.2, -0.15) is 0 Å². The monoisotopic (exact) mass is 333 g/mol. The fraction of sp³-hybridized carbons (Fsp3) is 0.533. The van der Waals surface area contributed by atoms with Crippen LogP contribution in [0.1, 0.15) is 12.5 Å². The first-order valence-corrected chi connectivity index (χ1v) is 7.04. The molecule has 2 rings (SSSR count). The molecule has 6 heteroatoms. The molecule has 0 bridgehead atoms. The Kier molecular flexibility index (Phi) is 10.4. The van der Waals surface area contributed by atoms with Crippen LogP contribution < -0.4 is 5.32 Å². The van der Waals surface area contributed by atoms with Gasteiger partial charge in [0.05, 0.1) is 6.54 Å². The quantitative estimate of drug-likeness (QED) is 0.892. The standard InChI is InChI=1S/C15H23N3O.2ClH/c1-2-18(12-14-6-4-3-5-7-14)15(19)13-17-10-8-16-9-11-17;;/h3-7,16H,2,8-13H2,1H3;2*1H. The summed E-state index contributed by atoms with van der Waals surface area (Å²) in [5.41, 5.74) is 1.19. The summed E-state index contributed by atoms with van der Waals surface area (Å²) in [5, 5.41) is 3.30. The zero-order valence-electron chi connectivity index (χ0n) is 12.5. The number of likely N-dealkylation sites (N-methyl/N-ethyl adjacent to an activating group) is 1. The minimum absolute atomic E-state index is 0. The van der Waals surface area contributed by atoms with Crippen molar-refractivity contribution >= 4 is 30.7 Å². The molecule has 1 N–H and O–H groups in total. The van der Waals surface area contributed by atoms with Gasteiger partial charge in [-0.3, -0.25) is 9.69 Å². The van der Waals surface area contributed by atoms with Crippen molar-refractivity contribution in [3.63, 3.8) is 0 Å². The van der Waals surface area contributed by atoms with Gasteiger partial charge in [-0.1, -0.05) is 30.3 Å². The molecule has 1 amide bonds. The molecule has 1 aliphatic rings. The lowest BCUT2D eigenvalue weighted by Gasteiger charge is -2.29. The molecule has 1 aromatic rings. The van der Waals surface area contributed by atoms with Crippen molar-refractivity contribution in [2.45, 2.75) is 13.5 Å². The molecule has 0 radical (unpaired) electrons. The lowest BCUT2D eigenvalue weighted by Crippen LogP contribution is -2.48. The molecular formula is C15H25Cl2N3O. The van der Waals surface area contributed by atoms with Crippen LogP contribution >= 0.6 is 24.8 Å². The van der Waals surface area contributed by atoms with Crippen LogP contribution in [0.4, 0.5) is 0 Å². The second kappa shape index (κ2) is 10.9. The lowest BCUT2D eigenvalue weighted by atomic mass is 10.2. The first kappa shape index (κ1) is 20.2. The van der Waals surface area contributed by atoms with Crippen LogP contribution in [0, 0.1) is 0 Å². The average Bonchev–Trinajstić information content (AvgIpc) is 2.47. The SMILES string of the molecule is CCN(Cc1ccccc1)C(=O)CN1CCNCC1.Cl.Cl. The summed E-state index contributed by atoms with van der Waals surface area (Å²) in [6.45, 7) is 7.96. The maximum absolute atomic E-state index is 12.3. The summed E-state index contributed by atoms with van der Waals surface area (Å²) in [6.07, 6.45) is 0. The number of hydrogen-bond acceptors (Lipinski definition) is 3. The summed E-state index contributed by atoms with van der Waals surface area (Å²) in [4.78, 5) is 16.5. The van der Waals surface area contributed by atoms with E-state index in [-0.39, 0.29) is 30.7 Å². The van der Waals surface area contributed by atoms with Crippen LogP contribution in [-0.4, -0.2) is 55.0 Å². The van der Waals surface area contributed by atoms with Gasteiger partial charge < -0.3 is 10.2 Å². The van der Waals surface area contributed by atoms with E-state index in [0.29, 0.717) is 13.1 Å². The lowest BCUT2D eigenvalue weighted by molar-refractivity contribution is -0.133. The Morgan fingerprint density at radius 1 is 1.19 bits per heavy atom. The van der Waals surface area contributed by atoms with Crippen LogP contribution in [0.5, 0.6) is 0 Å². The van der Waals surface area contributed by atoms with Gasteiger partial charge in [0.2, 0.25) is 5.91 Å². The number of nitrogens with zero attached hydrogens (tertiary/aromatic N) is 2. The Labute approximate surface area is 139 Å². The third-order valence-corrected chi connectivity index (χ3v) is 3.52. The predicted molar refractivity (Wildman–Crippen MR) is 91.3 cm³/mol. The molecule has 1 aromatic carbocycles. The van der Waals surface area contributed by atoms with E-state index in [1.807, 2.05) is 30.0 Å². The van der Waals surface area contributed by atoms with Crippen LogP contribution in [0.25, 0.3) is 0 Å². The maximum atomic E-state index is 12.3. The molecule has 0 saturated carbocycles. The molecule has 120 valence electrons. The van der Waals surface area contributed by atoms with Gasteiger partial charge >= 0.3 is 0 Å². The van der Waals surface area contributed by atoms with Gasteiger partial charge in [0.1, 0.15) is 0 Å².